The zero-order chi connectivity index (χ0) is 19.7. The van der Waals surface area contributed by atoms with Crippen molar-refractivity contribution in [2.45, 2.75) is 32.6 Å². The fraction of sp³-hybridized carbons (Fsp3) is 0.350. The van der Waals surface area contributed by atoms with Crippen LogP contribution in [0.3, 0.4) is 0 Å². The van der Waals surface area contributed by atoms with Crippen molar-refractivity contribution < 1.29 is 9.32 Å². The molecule has 1 amide bonds. The molecule has 8 nitrogen and oxygen atoms in total. The van der Waals surface area contributed by atoms with Crippen molar-refractivity contribution in [3.05, 3.63) is 63.8 Å². The van der Waals surface area contributed by atoms with Gasteiger partial charge in [0.2, 0.25) is 5.91 Å². The maximum atomic E-state index is 12.7. The molecule has 0 bridgehead atoms. The number of nitrogens with one attached hydrogen (secondary N) is 1. The molecule has 0 aromatic carbocycles. The van der Waals surface area contributed by atoms with E-state index in [9.17, 15) is 9.59 Å². The molecule has 0 saturated carbocycles. The highest BCUT2D eigenvalue weighted by atomic mass is 16.5. The van der Waals surface area contributed by atoms with Crippen molar-refractivity contribution in [3.8, 4) is 11.3 Å². The van der Waals surface area contributed by atoms with Gasteiger partial charge in [-0.2, -0.15) is 0 Å². The van der Waals surface area contributed by atoms with Crippen LogP contribution in [-0.2, 0) is 11.2 Å². The summed E-state index contributed by atoms with van der Waals surface area (Å²) in [6.45, 7) is 4.82. The molecular formula is C20H21N5O3. The second kappa shape index (κ2) is 7.38. The summed E-state index contributed by atoms with van der Waals surface area (Å²) in [5.74, 6) is 1.33. The molecule has 4 heterocycles. The smallest absolute Gasteiger partial charge is 0.251 e. The van der Waals surface area contributed by atoms with Crippen molar-refractivity contribution in [1.82, 2.24) is 25.0 Å². The molecule has 0 unspecified atom stereocenters. The van der Waals surface area contributed by atoms with E-state index in [4.69, 9.17) is 4.52 Å². The van der Waals surface area contributed by atoms with Crippen LogP contribution in [0.5, 0.6) is 0 Å². The molecule has 1 fully saturated rings. The van der Waals surface area contributed by atoms with Gasteiger partial charge in [0.1, 0.15) is 11.6 Å². The van der Waals surface area contributed by atoms with Crippen LogP contribution >= 0.6 is 0 Å². The van der Waals surface area contributed by atoms with Gasteiger partial charge in [-0.05, 0) is 32.4 Å². The standard InChI is InChI=1S/C20H21N5O3/c1-12-16(13(2)28-24-12)9-19(27)25-8-5-15(11-25)20-22-17(10-18(26)23-20)14-3-6-21-7-4-14/h3-4,6-7,10,15H,5,8-9,11H2,1-2H3,(H,22,23,26)/t15-/m0/s1. The van der Waals surface area contributed by atoms with Gasteiger partial charge >= 0.3 is 0 Å². The zero-order valence-electron chi connectivity index (χ0n) is 15.8. The molecule has 1 aliphatic heterocycles. The van der Waals surface area contributed by atoms with Crippen molar-refractivity contribution in [1.29, 1.82) is 0 Å². The van der Waals surface area contributed by atoms with Crippen LogP contribution in [-0.4, -0.2) is 44.0 Å². The Morgan fingerprint density at radius 2 is 2.11 bits per heavy atom. The molecular weight excluding hydrogens is 358 g/mol. The molecule has 0 radical (unpaired) electrons. The molecule has 1 N–H and O–H groups in total. The van der Waals surface area contributed by atoms with E-state index >= 15 is 0 Å². The maximum Gasteiger partial charge on any atom is 0.251 e. The minimum Gasteiger partial charge on any atom is -0.361 e. The summed E-state index contributed by atoms with van der Waals surface area (Å²) in [7, 11) is 0. The van der Waals surface area contributed by atoms with Crippen LogP contribution in [0.4, 0.5) is 0 Å². The highest BCUT2D eigenvalue weighted by Crippen LogP contribution is 2.26. The highest BCUT2D eigenvalue weighted by molar-refractivity contribution is 5.79. The lowest BCUT2D eigenvalue weighted by Crippen LogP contribution is -2.30. The van der Waals surface area contributed by atoms with Gasteiger partial charge in [-0.15, -0.1) is 0 Å². The molecule has 8 heteroatoms. The maximum absolute atomic E-state index is 12.7. The molecule has 3 aromatic heterocycles. The van der Waals surface area contributed by atoms with E-state index in [1.165, 1.54) is 6.07 Å². The zero-order valence-corrected chi connectivity index (χ0v) is 15.8. The van der Waals surface area contributed by atoms with Gasteiger partial charge < -0.3 is 14.4 Å². The van der Waals surface area contributed by atoms with E-state index in [1.807, 2.05) is 30.9 Å². The number of hydrogen-bond acceptors (Lipinski definition) is 6. The first-order valence-corrected chi connectivity index (χ1v) is 9.22. The average Bonchev–Trinajstić information content (AvgIpc) is 3.31. The summed E-state index contributed by atoms with van der Waals surface area (Å²) in [6.07, 6.45) is 4.37. The Kier molecular flexibility index (Phi) is 4.77. The molecule has 0 spiro atoms. The van der Waals surface area contributed by atoms with E-state index < -0.39 is 0 Å². The SMILES string of the molecule is Cc1noc(C)c1CC(=O)N1CC[C@H](c2nc(-c3ccncc3)cc(=O)[nH]2)C1. The van der Waals surface area contributed by atoms with Crippen molar-refractivity contribution in [2.75, 3.05) is 13.1 Å². The van der Waals surface area contributed by atoms with Crippen molar-refractivity contribution in [2.24, 2.45) is 0 Å². The number of aromatic amines is 1. The van der Waals surface area contributed by atoms with E-state index in [-0.39, 0.29) is 23.8 Å². The highest BCUT2D eigenvalue weighted by Gasteiger charge is 2.30. The number of aryl methyl sites for hydroxylation is 2. The Bertz CT molecular complexity index is 1040. The van der Waals surface area contributed by atoms with Crippen molar-refractivity contribution in [3.63, 3.8) is 0 Å². The number of hydrogen-bond donors (Lipinski definition) is 1. The molecule has 4 rings (SSSR count). The van der Waals surface area contributed by atoms with Crippen LogP contribution in [0.2, 0.25) is 0 Å². The molecule has 28 heavy (non-hydrogen) atoms. The van der Waals surface area contributed by atoms with Gasteiger partial charge in [-0.3, -0.25) is 14.6 Å². The normalized spacial score (nSPS) is 16.5. The minimum atomic E-state index is -0.197. The van der Waals surface area contributed by atoms with Crippen LogP contribution < -0.4 is 5.56 Å². The van der Waals surface area contributed by atoms with E-state index in [0.29, 0.717) is 30.4 Å². The number of aromatic nitrogens is 4. The van der Waals surface area contributed by atoms with Crippen LogP contribution in [0.25, 0.3) is 11.3 Å². The van der Waals surface area contributed by atoms with E-state index in [1.54, 1.807) is 12.4 Å². The van der Waals surface area contributed by atoms with Gasteiger partial charge in [-0.25, -0.2) is 4.98 Å². The van der Waals surface area contributed by atoms with Gasteiger partial charge in [0.05, 0.1) is 17.8 Å². The monoisotopic (exact) mass is 379 g/mol. The quantitative estimate of drug-likeness (QED) is 0.743. The number of pyridine rings is 1. The number of nitrogens with zero attached hydrogens (tertiary/aromatic N) is 4. The minimum absolute atomic E-state index is 0.00288. The predicted molar refractivity (Wildman–Crippen MR) is 102 cm³/mol. The largest absolute Gasteiger partial charge is 0.361 e. The van der Waals surface area contributed by atoms with Crippen molar-refractivity contribution >= 4 is 5.91 Å². The third-order valence-corrected chi connectivity index (χ3v) is 5.17. The van der Waals surface area contributed by atoms with Crippen LogP contribution in [0, 0.1) is 13.8 Å². The summed E-state index contributed by atoms with van der Waals surface area (Å²) in [5, 5.41) is 3.91. The second-order valence-electron chi connectivity index (χ2n) is 7.06. The fourth-order valence-electron chi connectivity index (χ4n) is 3.57. The number of carbonyl (C=O) groups excluding carboxylic acids is 1. The summed E-state index contributed by atoms with van der Waals surface area (Å²) in [5.41, 5.74) is 2.85. The number of carbonyl (C=O) groups is 1. The first-order chi connectivity index (χ1) is 13.5. The van der Waals surface area contributed by atoms with Gasteiger partial charge in [0, 0.05) is 48.6 Å². The number of rotatable bonds is 4. The topological polar surface area (TPSA) is 105 Å². The third kappa shape index (κ3) is 3.58. The summed E-state index contributed by atoms with van der Waals surface area (Å²) in [6, 6.07) is 5.12. The number of amides is 1. The Hall–Kier alpha value is -3.29. The van der Waals surface area contributed by atoms with Gasteiger partial charge in [0.25, 0.3) is 5.56 Å². The Morgan fingerprint density at radius 1 is 1.32 bits per heavy atom. The third-order valence-electron chi connectivity index (χ3n) is 5.17. The lowest BCUT2D eigenvalue weighted by atomic mass is 10.1. The molecule has 1 atom stereocenters. The van der Waals surface area contributed by atoms with Crippen LogP contribution in [0.1, 0.15) is 35.2 Å². The number of H-pyrrole nitrogens is 1. The van der Waals surface area contributed by atoms with Crippen LogP contribution in [0.15, 0.2) is 39.9 Å². The number of likely N-dealkylation sites (tertiary alicyclic amines) is 1. The molecule has 1 saturated heterocycles. The van der Waals surface area contributed by atoms with Gasteiger partial charge in [0.15, 0.2) is 0 Å². The molecule has 144 valence electrons. The Balaban J connectivity index is 1.51. The fourth-order valence-corrected chi connectivity index (χ4v) is 3.57. The first kappa shape index (κ1) is 18.1. The lowest BCUT2D eigenvalue weighted by Gasteiger charge is -2.16. The van der Waals surface area contributed by atoms with E-state index in [0.717, 1.165) is 23.2 Å². The summed E-state index contributed by atoms with van der Waals surface area (Å²) < 4.78 is 5.14. The first-order valence-electron chi connectivity index (χ1n) is 9.22. The molecule has 0 aliphatic carbocycles. The lowest BCUT2D eigenvalue weighted by molar-refractivity contribution is -0.129. The molecule has 3 aromatic rings. The van der Waals surface area contributed by atoms with Gasteiger partial charge in [-0.1, -0.05) is 5.16 Å². The summed E-state index contributed by atoms with van der Waals surface area (Å²) >= 11 is 0. The Labute approximate surface area is 161 Å². The average molecular weight is 379 g/mol. The van der Waals surface area contributed by atoms with E-state index in [2.05, 4.69) is 20.1 Å². The predicted octanol–water partition coefficient (Wildman–Crippen LogP) is 2.00. The Morgan fingerprint density at radius 3 is 2.82 bits per heavy atom. The summed E-state index contributed by atoms with van der Waals surface area (Å²) in [4.78, 5) is 38.1. The molecule has 1 aliphatic rings. The second-order valence-corrected chi connectivity index (χ2v) is 7.06.